The monoisotopic (exact) mass is 309 g/mol. The van der Waals surface area contributed by atoms with Crippen molar-refractivity contribution in [1.82, 2.24) is 4.90 Å². The summed E-state index contributed by atoms with van der Waals surface area (Å²) in [6.07, 6.45) is 6.32. The molecule has 2 aliphatic carbocycles. The molecule has 0 spiro atoms. The molecular weight excluding hydrogens is 278 g/mol. The molecule has 1 heterocycles. The summed E-state index contributed by atoms with van der Waals surface area (Å²) in [5, 5.41) is 0. The SMILES string of the molecule is CC(C)(C)OC(=O)N1CCC(C)(OCC2CC3CCC2C3)C1. The zero-order valence-corrected chi connectivity index (χ0v) is 14.6. The molecule has 4 heteroatoms. The summed E-state index contributed by atoms with van der Waals surface area (Å²) in [6.45, 7) is 10.1. The van der Waals surface area contributed by atoms with Gasteiger partial charge in [0, 0.05) is 6.54 Å². The van der Waals surface area contributed by atoms with E-state index in [9.17, 15) is 4.79 Å². The van der Waals surface area contributed by atoms with Crippen molar-refractivity contribution in [3.8, 4) is 0 Å². The van der Waals surface area contributed by atoms with Crippen molar-refractivity contribution < 1.29 is 14.3 Å². The molecule has 1 amide bonds. The van der Waals surface area contributed by atoms with E-state index in [2.05, 4.69) is 6.92 Å². The van der Waals surface area contributed by atoms with Gasteiger partial charge in [0.25, 0.3) is 0 Å². The number of hydrogen-bond acceptors (Lipinski definition) is 3. The van der Waals surface area contributed by atoms with E-state index in [-0.39, 0.29) is 11.7 Å². The molecule has 4 unspecified atom stereocenters. The molecule has 22 heavy (non-hydrogen) atoms. The first-order valence-corrected chi connectivity index (χ1v) is 8.86. The summed E-state index contributed by atoms with van der Waals surface area (Å²) in [5.41, 5.74) is -0.626. The predicted molar refractivity (Wildman–Crippen MR) is 85.7 cm³/mol. The van der Waals surface area contributed by atoms with Gasteiger partial charge in [0.1, 0.15) is 5.60 Å². The molecule has 1 saturated heterocycles. The molecule has 3 rings (SSSR count). The van der Waals surface area contributed by atoms with Crippen LogP contribution < -0.4 is 0 Å². The molecule has 0 N–H and O–H groups in total. The fourth-order valence-corrected chi connectivity index (χ4v) is 4.42. The number of rotatable bonds is 3. The van der Waals surface area contributed by atoms with E-state index in [4.69, 9.17) is 9.47 Å². The van der Waals surface area contributed by atoms with Gasteiger partial charge in [-0.05, 0) is 71.1 Å². The van der Waals surface area contributed by atoms with Crippen molar-refractivity contribution in [3.63, 3.8) is 0 Å². The number of carbonyl (C=O) groups excluding carboxylic acids is 1. The molecule has 3 aliphatic rings. The molecular formula is C18H31NO3. The molecule has 4 nitrogen and oxygen atoms in total. The van der Waals surface area contributed by atoms with Crippen LogP contribution in [-0.2, 0) is 9.47 Å². The third-order valence-electron chi connectivity index (χ3n) is 5.62. The third kappa shape index (κ3) is 3.58. The van der Waals surface area contributed by atoms with E-state index in [1.54, 1.807) is 4.90 Å². The van der Waals surface area contributed by atoms with E-state index in [1.807, 2.05) is 20.8 Å². The van der Waals surface area contributed by atoms with Gasteiger partial charge < -0.3 is 14.4 Å². The Balaban J connectivity index is 1.47. The highest BCUT2D eigenvalue weighted by Gasteiger charge is 2.43. The number of carbonyl (C=O) groups is 1. The lowest BCUT2D eigenvalue weighted by Gasteiger charge is -2.30. The summed E-state index contributed by atoms with van der Waals surface area (Å²) in [5.74, 6) is 2.62. The van der Waals surface area contributed by atoms with Gasteiger partial charge in [0.2, 0.25) is 0 Å². The van der Waals surface area contributed by atoms with Gasteiger partial charge in [-0.3, -0.25) is 0 Å². The fourth-order valence-electron chi connectivity index (χ4n) is 4.42. The Kier molecular flexibility index (Phi) is 4.17. The van der Waals surface area contributed by atoms with Crippen molar-refractivity contribution in [2.75, 3.05) is 19.7 Å². The Morgan fingerprint density at radius 1 is 1.27 bits per heavy atom. The maximum atomic E-state index is 12.2. The van der Waals surface area contributed by atoms with Crippen LogP contribution in [0.3, 0.4) is 0 Å². The largest absolute Gasteiger partial charge is 0.444 e. The Hall–Kier alpha value is -0.770. The molecule has 0 aromatic carbocycles. The zero-order chi connectivity index (χ0) is 16.0. The maximum Gasteiger partial charge on any atom is 0.410 e. The zero-order valence-electron chi connectivity index (χ0n) is 14.6. The molecule has 126 valence electrons. The summed E-state index contributed by atoms with van der Waals surface area (Å²) in [4.78, 5) is 14.0. The predicted octanol–water partition coefficient (Wildman–Crippen LogP) is 3.84. The van der Waals surface area contributed by atoms with E-state index < -0.39 is 5.60 Å². The minimum Gasteiger partial charge on any atom is -0.444 e. The Morgan fingerprint density at radius 3 is 2.64 bits per heavy atom. The molecule has 0 aromatic heterocycles. The number of nitrogens with zero attached hydrogens (tertiary/aromatic N) is 1. The van der Waals surface area contributed by atoms with Crippen LogP contribution in [0, 0.1) is 17.8 Å². The molecule has 4 atom stereocenters. The van der Waals surface area contributed by atoms with E-state index in [0.29, 0.717) is 6.54 Å². The van der Waals surface area contributed by atoms with Gasteiger partial charge in [-0.15, -0.1) is 0 Å². The standard InChI is InChI=1S/C18H31NO3/c1-17(2,3)22-16(20)19-8-7-18(4,12-19)21-11-15-10-13-5-6-14(15)9-13/h13-15H,5-12H2,1-4H3. The Bertz CT molecular complexity index is 431. The second kappa shape index (κ2) is 5.70. The van der Waals surface area contributed by atoms with Crippen molar-refractivity contribution in [1.29, 1.82) is 0 Å². The molecule has 1 aliphatic heterocycles. The van der Waals surface area contributed by atoms with Crippen LogP contribution in [0.4, 0.5) is 4.79 Å². The van der Waals surface area contributed by atoms with E-state index >= 15 is 0 Å². The van der Waals surface area contributed by atoms with Gasteiger partial charge >= 0.3 is 6.09 Å². The minimum absolute atomic E-state index is 0.196. The lowest BCUT2D eigenvalue weighted by atomic mass is 9.89. The van der Waals surface area contributed by atoms with E-state index in [1.165, 1.54) is 25.7 Å². The highest BCUT2D eigenvalue weighted by atomic mass is 16.6. The molecule has 0 aromatic rings. The average Bonchev–Trinajstić information content (AvgIpc) is 3.09. The van der Waals surface area contributed by atoms with E-state index in [0.717, 1.165) is 37.3 Å². The highest BCUT2D eigenvalue weighted by Crippen LogP contribution is 2.48. The fraction of sp³-hybridized carbons (Fsp3) is 0.944. The second-order valence-corrected chi connectivity index (χ2v) is 8.85. The summed E-state index contributed by atoms with van der Waals surface area (Å²) in [7, 11) is 0. The van der Waals surface area contributed by atoms with Crippen LogP contribution in [-0.4, -0.2) is 41.9 Å². The smallest absolute Gasteiger partial charge is 0.410 e. The summed E-state index contributed by atoms with van der Waals surface area (Å²) in [6, 6.07) is 0. The topological polar surface area (TPSA) is 38.8 Å². The quantitative estimate of drug-likeness (QED) is 0.795. The number of ether oxygens (including phenoxy) is 2. The van der Waals surface area contributed by atoms with Gasteiger partial charge in [-0.25, -0.2) is 4.79 Å². The second-order valence-electron chi connectivity index (χ2n) is 8.85. The van der Waals surface area contributed by atoms with Crippen LogP contribution in [0.2, 0.25) is 0 Å². The van der Waals surface area contributed by atoms with Crippen molar-refractivity contribution in [2.24, 2.45) is 17.8 Å². The summed E-state index contributed by atoms with van der Waals surface area (Å²) >= 11 is 0. The molecule has 2 saturated carbocycles. The van der Waals surface area contributed by atoms with Gasteiger partial charge in [0.15, 0.2) is 0 Å². The first kappa shape index (κ1) is 16.1. The maximum absolute atomic E-state index is 12.2. The molecule has 0 radical (unpaired) electrons. The number of hydrogen-bond donors (Lipinski definition) is 0. The number of fused-ring (bicyclic) bond motifs is 2. The van der Waals surface area contributed by atoms with Gasteiger partial charge in [-0.2, -0.15) is 0 Å². The van der Waals surface area contributed by atoms with Crippen LogP contribution in [0.1, 0.15) is 59.8 Å². The molecule has 2 bridgehead atoms. The van der Waals surface area contributed by atoms with Crippen molar-refractivity contribution in [3.05, 3.63) is 0 Å². The first-order valence-electron chi connectivity index (χ1n) is 8.86. The first-order chi connectivity index (χ1) is 10.2. The highest BCUT2D eigenvalue weighted by molar-refractivity contribution is 5.68. The Morgan fingerprint density at radius 2 is 2.05 bits per heavy atom. The van der Waals surface area contributed by atoms with Crippen LogP contribution in [0.5, 0.6) is 0 Å². The average molecular weight is 309 g/mol. The summed E-state index contributed by atoms with van der Waals surface area (Å²) < 4.78 is 11.8. The minimum atomic E-state index is -0.431. The third-order valence-corrected chi connectivity index (χ3v) is 5.62. The normalized spacial score (nSPS) is 37.8. The van der Waals surface area contributed by atoms with Crippen molar-refractivity contribution >= 4 is 6.09 Å². The lowest BCUT2D eigenvalue weighted by molar-refractivity contribution is -0.0496. The van der Waals surface area contributed by atoms with Crippen LogP contribution >= 0.6 is 0 Å². The van der Waals surface area contributed by atoms with Crippen molar-refractivity contribution in [2.45, 2.75) is 71.0 Å². The van der Waals surface area contributed by atoms with Gasteiger partial charge in [-0.1, -0.05) is 6.42 Å². The number of likely N-dealkylation sites (tertiary alicyclic amines) is 1. The van der Waals surface area contributed by atoms with Gasteiger partial charge in [0.05, 0.1) is 18.8 Å². The number of amides is 1. The Labute approximate surface area is 134 Å². The lowest BCUT2D eigenvalue weighted by Crippen LogP contribution is -2.39. The molecule has 3 fully saturated rings. The van der Waals surface area contributed by atoms with Crippen LogP contribution in [0.25, 0.3) is 0 Å². The van der Waals surface area contributed by atoms with Crippen LogP contribution in [0.15, 0.2) is 0 Å².